The topological polar surface area (TPSA) is 85.4 Å². The Morgan fingerprint density at radius 3 is 2.92 bits per heavy atom. The molecule has 2 aromatic rings. The SMILES string of the molecule is CC[C@@H](C)n1[nH]c(=O)c2c1NC(=O)CS[C@H]2c1ccc2c(c1)OCO2. The summed E-state index contributed by atoms with van der Waals surface area (Å²) in [5.41, 5.74) is 1.32. The van der Waals surface area contributed by atoms with Crippen molar-refractivity contribution in [3.05, 3.63) is 39.7 Å². The second-order valence-electron chi connectivity index (χ2n) is 6.18. The minimum atomic E-state index is -0.252. The number of H-pyrrole nitrogens is 1. The van der Waals surface area contributed by atoms with Gasteiger partial charge in [-0.25, -0.2) is 0 Å². The van der Waals surface area contributed by atoms with E-state index in [-0.39, 0.29) is 35.3 Å². The molecule has 0 aliphatic carbocycles. The van der Waals surface area contributed by atoms with Gasteiger partial charge in [0.15, 0.2) is 11.5 Å². The number of ether oxygens (including phenoxy) is 2. The lowest BCUT2D eigenvalue weighted by molar-refractivity contribution is -0.113. The Balaban J connectivity index is 1.84. The molecule has 3 heterocycles. The summed E-state index contributed by atoms with van der Waals surface area (Å²) in [4.78, 5) is 24.9. The molecule has 0 radical (unpaired) electrons. The van der Waals surface area contributed by atoms with E-state index in [1.54, 1.807) is 4.68 Å². The highest BCUT2D eigenvalue weighted by Gasteiger charge is 2.32. The normalized spacial score (nSPS) is 19.9. The maximum absolute atomic E-state index is 12.7. The second kappa shape index (κ2) is 6.18. The van der Waals surface area contributed by atoms with E-state index in [1.807, 2.05) is 32.0 Å². The van der Waals surface area contributed by atoms with E-state index < -0.39 is 0 Å². The largest absolute Gasteiger partial charge is 0.454 e. The number of nitrogens with zero attached hydrogens (tertiary/aromatic N) is 1. The summed E-state index contributed by atoms with van der Waals surface area (Å²) in [6.45, 7) is 4.25. The Hall–Kier alpha value is -2.35. The number of aromatic amines is 1. The summed E-state index contributed by atoms with van der Waals surface area (Å²) < 4.78 is 12.6. The third-order valence-electron chi connectivity index (χ3n) is 4.59. The van der Waals surface area contributed by atoms with Crippen molar-refractivity contribution in [1.82, 2.24) is 9.78 Å². The molecular weight excluding hydrogens is 342 g/mol. The zero-order valence-electron chi connectivity index (χ0n) is 14.0. The van der Waals surface area contributed by atoms with Gasteiger partial charge in [-0.2, -0.15) is 0 Å². The number of nitrogens with one attached hydrogen (secondary N) is 2. The molecule has 2 N–H and O–H groups in total. The Labute approximate surface area is 148 Å². The van der Waals surface area contributed by atoms with Gasteiger partial charge in [-0.1, -0.05) is 13.0 Å². The molecule has 0 unspecified atom stereocenters. The molecule has 2 aliphatic heterocycles. The van der Waals surface area contributed by atoms with Gasteiger partial charge in [0.1, 0.15) is 5.82 Å². The van der Waals surface area contributed by atoms with Crippen LogP contribution in [0, 0.1) is 0 Å². The fourth-order valence-electron chi connectivity index (χ4n) is 3.10. The van der Waals surface area contributed by atoms with Gasteiger partial charge >= 0.3 is 0 Å². The van der Waals surface area contributed by atoms with E-state index in [1.165, 1.54) is 11.8 Å². The van der Waals surface area contributed by atoms with Crippen LogP contribution in [0.4, 0.5) is 5.82 Å². The molecule has 0 bridgehead atoms. The number of benzene rings is 1. The number of amides is 1. The molecule has 25 heavy (non-hydrogen) atoms. The highest BCUT2D eigenvalue weighted by molar-refractivity contribution is 8.00. The van der Waals surface area contributed by atoms with Crippen LogP contribution in [0.3, 0.4) is 0 Å². The number of thioether (sulfide) groups is 1. The van der Waals surface area contributed by atoms with Crippen molar-refractivity contribution < 1.29 is 14.3 Å². The molecule has 132 valence electrons. The third-order valence-corrected chi connectivity index (χ3v) is 5.86. The Kier molecular flexibility index (Phi) is 3.99. The van der Waals surface area contributed by atoms with Crippen LogP contribution in [0.1, 0.15) is 42.7 Å². The number of anilines is 1. The van der Waals surface area contributed by atoms with Gasteiger partial charge in [-0.15, -0.1) is 11.8 Å². The standard InChI is InChI=1S/C17H19N3O4S/c1-3-9(2)20-16-14(17(22)19-20)15(25-7-13(21)18-16)10-4-5-11-12(6-10)24-8-23-11/h4-6,9,15H,3,7-8H2,1-2H3,(H,18,21)(H,19,22)/t9-,15+/m1/s1. The van der Waals surface area contributed by atoms with E-state index in [2.05, 4.69) is 10.4 Å². The maximum Gasteiger partial charge on any atom is 0.270 e. The van der Waals surface area contributed by atoms with Crippen LogP contribution in [0.25, 0.3) is 0 Å². The quantitative estimate of drug-likeness (QED) is 0.878. The molecule has 1 amide bonds. The van der Waals surface area contributed by atoms with Crippen molar-refractivity contribution in [2.45, 2.75) is 31.6 Å². The molecule has 0 fully saturated rings. The number of aromatic nitrogens is 2. The number of carbonyl (C=O) groups is 1. The molecule has 2 atom stereocenters. The Bertz CT molecular complexity index is 889. The minimum absolute atomic E-state index is 0.0808. The Morgan fingerprint density at radius 1 is 1.32 bits per heavy atom. The summed E-state index contributed by atoms with van der Waals surface area (Å²) in [5, 5.41) is 5.53. The van der Waals surface area contributed by atoms with E-state index in [9.17, 15) is 9.59 Å². The lowest BCUT2D eigenvalue weighted by atomic mass is 10.1. The molecule has 1 aromatic heterocycles. The summed E-state index contributed by atoms with van der Waals surface area (Å²) in [6.07, 6.45) is 0.842. The fraction of sp³-hybridized carbons (Fsp3) is 0.412. The van der Waals surface area contributed by atoms with Crippen LogP contribution in [0.15, 0.2) is 23.0 Å². The number of hydrogen-bond donors (Lipinski definition) is 2. The summed E-state index contributed by atoms with van der Waals surface area (Å²) in [6, 6.07) is 5.74. The zero-order valence-corrected chi connectivity index (χ0v) is 14.8. The van der Waals surface area contributed by atoms with Crippen LogP contribution in [-0.2, 0) is 4.79 Å². The third kappa shape index (κ3) is 2.70. The molecule has 0 saturated heterocycles. The van der Waals surface area contributed by atoms with Crippen molar-refractivity contribution in [3.8, 4) is 11.5 Å². The lowest BCUT2D eigenvalue weighted by Gasteiger charge is -2.16. The fourth-order valence-corrected chi connectivity index (χ4v) is 4.21. The first-order valence-corrected chi connectivity index (χ1v) is 9.28. The molecule has 1 aromatic carbocycles. The van der Waals surface area contributed by atoms with Gasteiger partial charge in [-0.3, -0.25) is 19.4 Å². The summed E-state index contributed by atoms with van der Waals surface area (Å²) in [7, 11) is 0. The van der Waals surface area contributed by atoms with Crippen molar-refractivity contribution in [3.63, 3.8) is 0 Å². The van der Waals surface area contributed by atoms with E-state index >= 15 is 0 Å². The van der Waals surface area contributed by atoms with Crippen LogP contribution in [0.2, 0.25) is 0 Å². The van der Waals surface area contributed by atoms with Crippen molar-refractivity contribution in [1.29, 1.82) is 0 Å². The van der Waals surface area contributed by atoms with Gasteiger partial charge in [0.25, 0.3) is 5.56 Å². The molecule has 8 heteroatoms. The first kappa shape index (κ1) is 16.1. The number of hydrogen-bond acceptors (Lipinski definition) is 5. The average molecular weight is 361 g/mol. The first-order chi connectivity index (χ1) is 12.1. The van der Waals surface area contributed by atoms with Crippen LogP contribution in [0.5, 0.6) is 11.5 Å². The van der Waals surface area contributed by atoms with Gasteiger partial charge in [0.05, 0.1) is 16.6 Å². The van der Waals surface area contributed by atoms with Crippen LogP contribution >= 0.6 is 11.8 Å². The predicted octanol–water partition coefficient (Wildman–Crippen LogP) is 2.65. The van der Waals surface area contributed by atoms with Crippen molar-refractivity contribution in [2.75, 3.05) is 17.9 Å². The molecule has 2 aliphatic rings. The van der Waals surface area contributed by atoms with Gasteiger partial charge in [0, 0.05) is 6.04 Å². The number of carbonyl (C=O) groups excluding carboxylic acids is 1. The molecule has 0 spiro atoms. The number of rotatable bonds is 3. The summed E-state index contributed by atoms with van der Waals surface area (Å²) in [5.74, 6) is 2.11. The van der Waals surface area contributed by atoms with Crippen LogP contribution < -0.4 is 20.3 Å². The summed E-state index contributed by atoms with van der Waals surface area (Å²) >= 11 is 1.44. The highest BCUT2D eigenvalue weighted by atomic mass is 32.2. The molecule has 4 rings (SSSR count). The van der Waals surface area contributed by atoms with Crippen molar-refractivity contribution >= 4 is 23.5 Å². The monoisotopic (exact) mass is 361 g/mol. The van der Waals surface area contributed by atoms with Crippen LogP contribution in [-0.4, -0.2) is 28.2 Å². The molecule has 0 saturated carbocycles. The number of fused-ring (bicyclic) bond motifs is 2. The highest BCUT2D eigenvalue weighted by Crippen LogP contribution is 2.43. The van der Waals surface area contributed by atoms with Gasteiger partial charge < -0.3 is 14.8 Å². The van der Waals surface area contributed by atoms with Gasteiger partial charge in [-0.05, 0) is 31.0 Å². The van der Waals surface area contributed by atoms with Gasteiger partial charge in [0.2, 0.25) is 12.7 Å². The smallest absolute Gasteiger partial charge is 0.270 e. The average Bonchev–Trinajstić information content (AvgIpc) is 3.15. The minimum Gasteiger partial charge on any atom is -0.454 e. The lowest BCUT2D eigenvalue weighted by Crippen LogP contribution is -2.18. The first-order valence-electron chi connectivity index (χ1n) is 8.24. The van der Waals surface area contributed by atoms with E-state index in [0.29, 0.717) is 22.9 Å². The maximum atomic E-state index is 12.7. The van der Waals surface area contributed by atoms with E-state index in [4.69, 9.17) is 9.47 Å². The zero-order chi connectivity index (χ0) is 17.6. The van der Waals surface area contributed by atoms with E-state index in [0.717, 1.165) is 12.0 Å². The molecular formula is C17H19N3O4S. The van der Waals surface area contributed by atoms with Crippen molar-refractivity contribution in [2.24, 2.45) is 0 Å². The second-order valence-corrected chi connectivity index (χ2v) is 7.28. The molecule has 7 nitrogen and oxygen atoms in total. The Morgan fingerprint density at radius 2 is 2.12 bits per heavy atom. The predicted molar refractivity (Wildman–Crippen MR) is 95.6 cm³/mol.